The molecule has 15 heteroatoms. The van der Waals surface area contributed by atoms with E-state index in [1.165, 1.54) is 0 Å². The molecule has 0 bridgehead atoms. The number of aromatic amines is 2. The number of carbonyl (C=O) groups excluding carboxylic acids is 2. The number of alkyl halides is 3. The van der Waals surface area contributed by atoms with Crippen molar-refractivity contribution in [1.29, 1.82) is 0 Å². The molecule has 2 aromatic heterocycles. The lowest BCUT2D eigenvalue weighted by Crippen LogP contribution is -2.49. The van der Waals surface area contributed by atoms with Crippen molar-refractivity contribution >= 4 is 34.4 Å². The molecule has 1 aliphatic rings. The molecule has 5 rings (SSSR count). The standard InChI is InChI=1S/C25H25N7O3.C2HF3O2/c33-22(13-18-15-26-16-28-18)32-10-8-31(9-11-32)19-5-3-4-17(12-19)14-27-25(35)23-29-21-7-2-1-6-20(21)24(34)30-23;3-2(4,5)1(6)7/h1-7,12,15-16H,8-11,13-14H2,(H,26,28)(H,27,35)(H,29,30,34);(H,6,7). The van der Waals surface area contributed by atoms with Gasteiger partial charge in [-0.15, -0.1) is 0 Å². The minimum absolute atomic E-state index is 0.0134. The quantitative estimate of drug-likeness (QED) is 0.267. The second kappa shape index (κ2) is 13.0. The van der Waals surface area contributed by atoms with E-state index in [1.807, 2.05) is 29.2 Å². The molecular weight excluding hydrogens is 559 g/mol. The number of anilines is 1. The molecule has 2 amide bonds. The van der Waals surface area contributed by atoms with Crippen molar-refractivity contribution in [1.82, 2.24) is 30.2 Å². The second-order valence-electron chi connectivity index (χ2n) is 9.19. The third-order valence-electron chi connectivity index (χ3n) is 6.32. The highest BCUT2D eigenvalue weighted by molar-refractivity contribution is 5.92. The van der Waals surface area contributed by atoms with Crippen LogP contribution >= 0.6 is 0 Å². The minimum atomic E-state index is -5.08. The van der Waals surface area contributed by atoms with Gasteiger partial charge < -0.3 is 30.2 Å². The fourth-order valence-corrected chi connectivity index (χ4v) is 4.19. The van der Waals surface area contributed by atoms with Crippen LogP contribution in [0.3, 0.4) is 0 Å². The molecule has 0 saturated carbocycles. The number of carboxylic acids is 1. The van der Waals surface area contributed by atoms with Gasteiger partial charge in [0.1, 0.15) is 0 Å². The lowest BCUT2D eigenvalue weighted by Gasteiger charge is -2.36. The zero-order valence-electron chi connectivity index (χ0n) is 22.0. The number of piperazine rings is 1. The third-order valence-corrected chi connectivity index (χ3v) is 6.32. The molecule has 1 aliphatic heterocycles. The van der Waals surface area contributed by atoms with Crippen molar-refractivity contribution in [3.8, 4) is 0 Å². The summed E-state index contributed by atoms with van der Waals surface area (Å²) in [6, 6.07) is 14.8. The van der Waals surface area contributed by atoms with Gasteiger partial charge in [0, 0.05) is 44.6 Å². The number of hydrogen-bond donors (Lipinski definition) is 4. The number of para-hydroxylation sites is 1. The Bertz CT molecular complexity index is 1610. The highest BCUT2D eigenvalue weighted by Crippen LogP contribution is 2.19. The maximum Gasteiger partial charge on any atom is 0.490 e. The van der Waals surface area contributed by atoms with Crippen LogP contribution in [0, 0.1) is 0 Å². The number of hydrogen-bond acceptors (Lipinski definition) is 7. The predicted octanol–water partition coefficient (Wildman–Crippen LogP) is 2.10. The summed E-state index contributed by atoms with van der Waals surface area (Å²) in [5.41, 5.74) is 2.84. The number of aliphatic carboxylic acids is 1. The fourth-order valence-electron chi connectivity index (χ4n) is 4.19. The lowest BCUT2D eigenvalue weighted by atomic mass is 10.1. The Morgan fingerprint density at radius 1 is 1.02 bits per heavy atom. The molecule has 0 atom stereocenters. The Morgan fingerprint density at radius 3 is 2.40 bits per heavy atom. The Labute approximate surface area is 236 Å². The number of aromatic nitrogens is 4. The van der Waals surface area contributed by atoms with Crippen molar-refractivity contribution in [2.24, 2.45) is 0 Å². The number of fused-ring (bicyclic) bond motifs is 1. The van der Waals surface area contributed by atoms with Crippen molar-refractivity contribution in [3.63, 3.8) is 0 Å². The first kappa shape index (κ1) is 29.8. The molecule has 3 heterocycles. The van der Waals surface area contributed by atoms with Gasteiger partial charge in [0.2, 0.25) is 5.91 Å². The van der Waals surface area contributed by atoms with E-state index >= 15 is 0 Å². The predicted molar refractivity (Wildman–Crippen MR) is 145 cm³/mol. The average molecular weight is 586 g/mol. The number of nitrogens with one attached hydrogen (secondary N) is 3. The zero-order chi connectivity index (χ0) is 30.3. The van der Waals surface area contributed by atoms with Crippen LogP contribution in [0.5, 0.6) is 0 Å². The van der Waals surface area contributed by atoms with Gasteiger partial charge in [-0.2, -0.15) is 13.2 Å². The summed E-state index contributed by atoms with van der Waals surface area (Å²) in [5, 5.41) is 10.4. The van der Waals surface area contributed by atoms with Gasteiger partial charge in [-0.3, -0.25) is 14.4 Å². The van der Waals surface area contributed by atoms with E-state index in [2.05, 4.69) is 30.2 Å². The van der Waals surface area contributed by atoms with Gasteiger partial charge in [0.15, 0.2) is 5.82 Å². The average Bonchev–Trinajstić information content (AvgIpc) is 3.49. The van der Waals surface area contributed by atoms with Gasteiger partial charge in [-0.05, 0) is 29.8 Å². The van der Waals surface area contributed by atoms with E-state index < -0.39 is 18.1 Å². The maximum atomic E-state index is 12.6. The Hall–Kier alpha value is -5.21. The number of imidazole rings is 1. The molecule has 220 valence electrons. The number of benzene rings is 2. The van der Waals surface area contributed by atoms with Crippen LogP contribution in [0.4, 0.5) is 18.9 Å². The van der Waals surface area contributed by atoms with Crippen LogP contribution in [0.25, 0.3) is 10.9 Å². The van der Waals surface area contributed by atoms with E-state index in [4.69, 9.17) is 9.90 Å². The third kappa shape index (κ3) is 7.71. The molecule has 1 fully saturated rings. The number of rotatable bonds is 6. The maximum absolute atomic E-state index is 12.6. The number of carboxylic acid groups (broad SMARTS) is 1. The Balaban J connectivity index is 0.000000517. The Morgan fingerprint density at radius 2 is 1.74 bits per heavy atom. The summed E-state index contributed by atoms with van der Waals surface area (Å²) in [5.74, 6) is -3.14. The van der Waals surface area contributed by atoms with Gasteiger partial charge in [0.05, 0.1) is 29.3 Å². The first-order valence-electron chi connectivity index (χ1n) is 12.7. The summed E-state index contributed by atoms with van der Waals surface area (Å²) in [4.78, 5) is 64.2. The van der Waals surface area contributed by atoms with Crippen LogP contribution in [-0.4, -0.2) is 80.1 Å². The lowest BCUT2D eigenvalue weighted by molar-refractivity contribution is -0.192. The van der Waals surface area contributed by atoms with E-state index in [9.17, 15) is 27.6 Å². The number of halogens is 3. The summed E-state index contributed by atoms with van der Waals surface area (Å²) in [6.07, 6.45) is -1.46. The monoisotopic (exact) mass is 585 g/mol. The van der Waals surface area contributed by atoms with Crippen LogP contribution in [0.2, 0.25) is 0 Å². The zero-order valence-corrected chi connectivity index (χ0v) is 22.0. The number of nitrogens with zero attached hydrogens (tertiary/aromatic N) is 4. The van der Waals surface area contributed by atoms with Gasteiger partial charge >= 0.3 is 12.1 Å². The topological polar surface area (TPSA) is 164 Å². The first-order chi connectivity index (χ1) is 20.0. The number of carbonyl (C=O) groups is 3. The summed E-state index contributed by atoms with van der Waals surface area (Å²) >= 11 is 0. The Kier molecular flexibility index (Phi) is 9.19. The molecule has 4 N–H and O–H groups in total. The van der Waals surface area contributed by atoms with Crippen molar-refractivity contribution < 1.29 is 32.7 Å². The van der Waals surface area contributed by atoms with E-state index in [1.54, 1.807) is 36.8 Å². The normalized spacial score (nSPS) is 13.3. The van der Waals surface area contributed by atoms with Crippen LogP contribution in [0.1, 0.15) is 21.9 Å². The molecule has 42 heavy (non-hydrogen) atoms. The first-order valence-corrected chi connectivity index (χ1v) is 12.7. The SMILES string of the molecule is O=C(NCc1cccc(N2CCN(C(=O)Cc3c[nH]cn3)CC2)c1)c1nc2ccccc2c(=O)[nH]1.O=C(O)C(F)(F)F. The van der Waals surface area contributed by atoms with Gasteiger partial charge in [-0.1, -0.05) is 24.3 Å². The molecule has 2 aromatic carbocycles. The van der Waals surface area contributed by atoms with Crippen LogP contribution in [-0.2, 0) is 22.6 Å². The van der Waals surface area contributed by atoms with Crippen molar-refractivity contribution in [2.75, 3.05) is 31.1 Å². The highest BCUT2D eigenvalue weighted by Gasteiger charge is 2.38. The van der Waals surface area contributed by atoms with Gasteiger partial charge in [0.25, 0.3) is 11.5 Å². The minimum Gasteiger partial charge on any atom is -0.475 e. The molecule has 0 radical (unpaired) electrons. The van der Waals surface area contributed by atoms with Crippen molar-refractivity contribution in [2.45, 2.75) is 19.1 Å². The van der Waals surface area contributed by atoms with E-state index in [-0.39, 0.29) is 17.3 Å². The number of H-pyrrole nitrogens is 2. The number of amides is 2. The van der Waals surface area contributed by atoms with Crippen molar-refractivity contribution in [3.05, 3.63) is 88.5 Å². The largest absolute Gasteiger partial charge is 0.490 e. The molecule has 0 aliphatic carbocycles. The highest BCUT2D eigenvalue weighted by atomic mass is 19.4. The summed E-state index contributed by atoms with van der Waals surface area (Å²) in [6.45, 7) is 3.04. The van der Waals surface area contributed by atoms with Gasteiger partial charge in [-0.25, -0.2) is 14.8 Å². The molecular formula is C27H26F3N7O5. The van der Waals surface area contributed by atoms with Crippen LogP contribution in [0.15, 0.2) is 65.8 Å². The fraction of sp³-hybridized carbons (Fsp3) is 0.259. The van der Waals surface area contributed by atoms with Crippen LogP contribution < -0.4 is 15.8 Å². The van der Waals surface area contributed by atoms with E-state index in [0.29, 0.717) is 37.0 Å². The second-order valence-corrected chi connectivity index (χ2v) is 9.19. The van der Waals surface area contributed by atoms with E-state index in [0.717, 1.165) is 30.0 Å². The summed E-state index contributed by atoms with van der Waals surface area (Å²) < 4.78 is 31.7. The smallest absolute Gasteiger partial charge is 0.475 e. The molecule has 0 spiro atoms. The molecule has 0 unspecified atom stereocenters. The molecule has 1 saturated heterocycles. The molecule has 12 nitrogen and oxygen atoms in total. The molecule has 4 aromatic rings. The summed E-state index contributed by atoms with van der Waals surface area (Å²) in [7, 11) is 0.